The van der Waals surface area contributed by atoms with Crippen LogP contribution in [0.3, 0.4) is 0 Å². The fourth-order valence-electron chi connectivity index (χ4n) is 2.77. The van der Waals surface area contributed by atoms with Gasteiger partial charge < -0.3 is 20.8 Å². The van der Waals surface area contributed by atoms with Crippen LogP contribution < -0.4 is 10.6 Å². The number of aliphatic hydroxyl groups is 2. The van der Waals surface area contributed by atoms with E-state index in [2.05, 4.69) is 48.6 Å². The maximum atomic E-state index is 9.66. The zero-order valence-corrected chi connectivity index (χ0v) is 16.8. The summed E-state index contributed by atoms with van der Waals surface area (Å²) in [5.41, 5.74) is 2.10. The first-order valence-electron chi connectivity index (χ1n) is 7.87. The maximum absolute atomic E-state index is 9.66. The van der Waals surface area contributed by atoms with Gasteiger partial charge >= 0.3 is 0 Å². The lowest BCUT2D eigenvalue weighted by molar-refractivity contribution is 0.116. The van der Waals surface area contributed by atoms with E-state index in [1.165, 1.54) is 0 Å². The molecule has 0 saturated heterocycles. The summed E-state index contributed by atoms with van der Waals surface area (Å²) in [5, 5.41) is 26.1. The number of aliphatic hydroxyl groups excluding tert-OH is 2. The van der Waals surface area contributed by atoms with E-state index in [4.69, 9.17) is 11.6 Å². The van der Waals surface area contributed by atoms with Crippen LogP contribution in [-0.2, 0) is 6.54 Å². The molecule has 0 bridgehead atoms. The molecular formula is C16H23Br2ClN2O2. The highest BCUT2D eigenvalue weighted by Gasteiger charge is 2.19. The standard InChI is InChI=1S/C16H23Br2ClN2O2/c17-11-5-10(8-20-12-1-3-13(22)4-2-12)16(15(18)6-11)21-9-14(23)7-19/h5-6,12-14,20-23H,1-4,7-9H2. The molecule has 0 aromatic heterocycles. The molecule has 0 spiro atoms. The summed E-state index contributed by atoms with van der Waals surface area (Å²) < 4.78 is 1.95. The summed E-state index contributed by atoms with van der Waals surface area (Å²) in [7, 11) is 0. The molecule has 1 fully saturated rings. The smallest absolute Gasteiger partial charge is 0.0847 e. The Bertz CT molecular complexity index is 511. The predicted molar refractivity (Wildman–Crippen MR) is 102 cm³/mol. The molecule has 130 valence electrons. The second-order valence-electron chi connectivity index (χ2n) is 6.00. The van der Waals surface area contributed by atoms with E-state index in [1.54, 1.807) is 0 Å². The van der Waals surface area contributed by atoms with Crippen molar-refractivity contribution in [3.8, 4) is 0 Å². The first-order valence-corrected chi connectivity index (χ1v) is 9.99. The van der Waals surface area contributed by atoms with Crippen molar-refractivity contribution >= 4 is 49.1 Å². The van der Waals surface area contributed by atoms with Gasteiger partial charge in [0.05, 0.1) is 23.8 Å². The van der Waals surface area contributed by atoms with E-state index in [0.717, 1.165) is 52.4 Å². The molecule has 1 saturated carbocycles. The molecule has 1 aromatic carbocycles. The Kier molecular flexibility index (Phi) is 8.12. The van der Waals surface area contributed by atoms with Crippen LogP contribution in [0.1, 0.15) is 31.2 Å². The lowest BCUT2D eigenvalue weighted by atomic mass is 9.93. The van der Waals surface area contributed by atoms with Crippen molar-refractivity contribution in [2.24, 2.45) is 0 Å². The monoisotopic (exact) mass is 468 g/mol. The minimum atomic E-state index is -0.576. The number of halogens is 3. The van der Waals surface area contributed by atoms with E-state index in [1.807, 2.05) is 6.07 Å². The third-order valence-corrected chi connectivity index (χ3v) is 5.55. The van der Waals surface area contributed by atoms with Crippen LogP contribution in [0.2, 0.25) is 0 Å². The molecule has 4 nitrogen and oxygen atoms in total. The molecular weight excluding hydrogens is 447 g/mol. The van der Waals surface area contributed by atoms with Gasteiger partial charge in [0, 0.05) is 28.1 Å². The Morgan fingerprint density at radius 3 is 2.57 bits per heavy atom. The van der Waals surface area contributed by atoms with Gasteiger partial charge in [-0.15, -0.1) is 11.6 Å². The van der Waals surface area contributed by atoms with Gasteiger partial charge in [-0.1, -0.05) is 15.9 Å². The lowest BCUT2D eigenvalue weighted by Crippen LogP contribution is -2.34. The van der Waals surface area contributed by atoms with E-state index in [0.29, 0.717) is 12.6 Å². The molecule has 1 atom stereocenters. The molecule has 2 rings (SSSR count). The van der Waals surface area contributed by atoms with Gasteiger partial charge in [-0.25, -0.2) is 0 Å². The van der Waals surface area contributed by atoms with Crippen molar-refractivity contribution in [1.82, 2.24) is 5.32 Å². The highest BCUT2D eigenvalue weighted by Crippen LogP contribution is 2.31. The molecule has 7 heteroatoms. The molecule has 0 amide bonds. The average molecular weight is 471 g/mol. The predicted octanol–water partition coefficient (Wildman–Crippen LogP) is 3.62. The normalized spacial score (nSPS) is 22.8. The molecule has 1 aromatic rings. The van der Waals surface area contributed by atoms with Gasteiger partial charge in [0.1, 0.15) is 0 Å². The zero-order chi connectivity index (χ0) is 16.8. The van der Waals surface area contributed by atoms with Crippen LogP contribution >= 0.6 is 43.5 Å². The fourth-order valence-corrected chi connectivity index (χ4v) is 4.34. The molecule has 23 heavy (non-hydrogen) atoms. The Morgan fingerprint density at radius 1 is 1.22 bits per heavy atom. The van der Waals surface area contributed by atoms with Gasteiger partial charge in [-0.2, -0.15) is 0 Å². The lowest BCUT2D eigenvalue weighted by Gasteiger charge is -2.27. The summed E-state index contributed by atoms with van der Waals surface area (Å²) in [6, 6.07) is 4.50. The summed E-state index contributed by atoms with van der Waals surface area (Å²) >= 11 is 12.8. The Balaban J connectivity index is 2.01. The van der Waals surface area contributed by atoms with Crippen molar-refractivity contribution in [2.45, 2.75) is 50.5 Å². The highest BCUT2D eigenvalue weighted by molar-refractivity contribution is 9.11. The summed E-state index contributed by atoms with van der Waals surface area (Å²) in [5.74, 6) is 0.207. The van der Waals surface area contributed by atoms with Crippen LogP contribution in [0.25, 0.3) is 0 Å². The number of anilines is 1. The van der Waals surface area contributed by atoms with Gasteiger partial charge in [-0.05, 0) is 59.3 Å². The largest absolute Gasteiger partial charge is 0.393 e. The molecule has 1 aliphatic carbocycles. The van der Waals surface area contributed by atoms with Crippen molar-refractivity contribution in [3.63, 3.8) is 0 Å². The van der Waals surface area contributed by atoms with Gasteiger partial charge in [0.25, 0.3) is 0 Å². The number of benzene rings is 1. The van der Waals surface area contributed by atoms with Gasteiger partial charge in [0.2, 0.25) is 0 Å². The third kappa shape index (κ3) is 6.18. The zero-order valence-electron chi connectivity index (χ0n) is 12.9. The second kappa shape index (κ2) is 9.59. The summed E-state index contributed by atoms with van der Waals surface area (Å²) in [6.07, 6.45) is 3.03. The minimum Gasteiger partial charge on any atom is -0.393 e. The van der Waals surface area contributed by atoms with Gasteiger partial charge in [-0.3, -0.25) is 0 Å². The van der Waals surface area contributed by atoms with Crippen LogP contribution in [0, 0.1) is 0 Å². The number of alkyl halides is 1. The third-order valence-electron chi connectivity index (χ3n) is 4.11. The van der Waals surface area contributed by atoms with Crippen molar-refractivity contribution < 1.29 is 10.2 Å². The molecule has 1 aliphatic rings. The fraction of sp³-hybridized carbons (Fsp3) is 0.625. The topological polar surface area (TPSA) is 64.5 Å². The van der Waals surface area contributed by atoms with E-state index in [-0.39, 0.29) is 12.0 Å². The van der Waals surface area contributed by atoms with Crippen LogP contribution in [-0.4, -0.2) is 40.9 Å². The molecule has 4 N–H and O–H groups in total. The summed E-state index contributed by atoms with van der Waals surface area (Å²) in [4.78, 5) is 0. The number of hydrogen-bond acceptors (Lipinski definition) is 4. The van der Waals surface area contributed by atoms with E-state index >= 15 is 0 Å². The van der Waals surface area contributed by atoms with E-state index < -0.39 is 6.10 Å². The Labute approximate surface area is 159 Å². The maximum Gasteiger partial charge on any atom is 0.0847 e. The number of rotatable bonds is 7. The highest BCUT2D eigenvalue weighted by atomic mass is 79.9. The van der Waals surface area contributed by atoms with Crippen LogP contribution in [0.15, 0.2) is 21.1 Å². The second-order valence-corrected chi connectivity index (χ2v) is 8.08. The molecule has 0 radical (unpaired) electrons. The molecule has 0 aliphatic heterocycles. The van der Waals surface area contributed by atoms with Crippen LogP contribution in [0.5, 0.6) is 0 Å². The first kappa shape index (κ1) is 19.5. The quantitative estimate of drug-likeness (QED) is 0.460. The summed E-state index contributed by atoms with van der Waals surface area (Å²) in [6.45, 7) is 1.14. The first-order chi connectivity index (χ1) is 11.0. The molecule has 0 heterocycles. The van der Waals surface area contributed by atoms with Crippen molar-refractivity contribution in [3.05, 3.63) is 26.6 Å². The minimum absolute atomic E-state index is 0.137. The van der Waals surface area contributed by atoms with E-state index in [9.17, 15) is 10.2 Å². The molecule has 1 unspecified atom stereocenters. The number of hydrogen-bond donors (Lipinski definition) is 4. The van der Waals surface area contributed by atoms with Gasteiger partial charge in [0.15, 0.2) is 0 Å². The Morgan fingerprint density at radius 2 is 1.91 bits per heavy atom. The van der Waals surface area contributed by atoms with Crippen molar-refractivity contribution in [2.75, 3.05) is 17.7 Å². The number of nitrogens with one attached hydrogen (secondary N) is 2. The van der Waals surface area contributed by atoms with Crippen molar-refractivity contribution in [1.29, 1.82) is 0 Å². The van der Waals surface area contributed by atoms with Crippen LogP contribution in [0.4, 0.5) is 5.69 Å². The SMILES string of the molecule is OC1CCC(NCc2cc(Br)cc(Br)c2NCC(O)CCl)CC1. The Hall–Kier alpha value is 0.150. The average Bonchev–Trinajstić information content (AvgIpc) is 2.52.